The van der Waals surface area contributed by atoms with Crippen molar-refractivity contribution in [2.45, 2.75) is 6.42 Å². The molecule has 1 N–H and O–H groups in total. The molecule has 0 bridgehead atoms. The molecule has 0 aliphatic rings. The summed E-state index contributed by atoms with van der Waals surface area (Å²) in [6.45, 7) is 0. The van der Waals surface area contributed by atoms with E-state index >= 15 is 0 Å². The van der Waals surface area contributed by atoms with Crippen molar-refractivity contribution in [2.75, 3.05) is 5.32 Å². The van der Waals surface area contributed by atoms with Crippen LogP contribution in [0.3, 0.4) is 0 Å². The standard InChI is InChI=1S/C17H14N4O2/c22-17(8-13-9-19-12-20-10-13)21-15-11-18-7-6-16(15)23-14-4-2-1-3-5-14/h1-7,9-12H,8H2,(H,21,22). The predicted molar refractivity (Wildman–Crippen MR) is 85.1 cm³/mol. The lowest BCUT2D eigenvalue weighted by molar-refractivity contribution is -0.115. The zero-order chi connectivity index (χ0) is 15.9. The molecule has 23 heavy (non-hydrogen) atoms. The van der Waals surface area contributed by atoms with Crippen molar-refractivity contribution < 1.29 is 9.53 Å². The van der Waals surface area contributed by atoms with E-state index in [1.807, 2.05) is 30.3 Å². The summed E-state index contributed by atoms with van der Waals surface area (Å²) in [5.41, 5.74) is 1.25. The Morgan fingerprint density at radius 2 is 1.78 bits per heavy atom. The van der Waals surface area contributed by atoms with Crippen LogP contribution in [0.2, 0.25) is 0 Å². The van der Waals surface area contributed by atoms with Gasteiger partial charge in [-0.2, -0.15) is 0 Å². The number of benzene rings is 1. The SMILES string of the molecule is O=C(Cc1cncnc1)Nc1cnccc1Oc1ccccc1. The number of anilines is 1. The number of para-hydroxylation sites is 1. The Labute approximate surface area is 133 Å². The second-order valence-electron chi connectivity index (χ2n) is 4.76. The third-order valence-electron chi connectivity index (χ3n) is 3.00. The molecule has 1 aromatic carbocycles. The molecule has 1 amide bonds. The quantitative estimate of drug-likeness (QED) is 0.784. The molecule has 114 valence electrons. The lowest BCUT2D eigenvalue weighted by Gasteiger charge is -2.11. The van der Waals surface area contributed by atoms with Gasteiger partial charge in [-0.25, -0.2) is 9.97 Å². The lowest BCUT2D eigenvalue weighted by Crippen LogP contribution is -2.15. The Morgan fingerprint density at radius 1 is 1.00 bits per heavy atom. The number of hydrogen-bond acceptors (Lipinski definition) is 5. The molecular formula is C17H14N4O2. The maximum absolute atomic E-state index is 12.1. The predicted octanol–water partition coefficient (Wildman–Crippen LogP) is 2.85. The van der Waals surface area contributed by atoms with Crippen LogP contribution in [-0.4, -0.2) is 20.9 Å². The number of nitrogens with one attached hydrogen (secondary N) is 1. The third kappa shape index (κ3) is 4.10. The van der Waals surface area contributed by atoms with Gasteiger partial charge in [0.15, 0.2) is 5.75 Å². The van der Waals surface area contributed by atoms with Crippen molar-refractivity contribution in [3.05, 3.63) is 73.1 Å². The zero-order valence-electron chi connectivity index (χ0n) is 12.2. The molecule has 0 saturated carbocycles. The van der Waals surface area contributed by atoms with Gasteiger partial charge in [0.05, 0.1) is 12.6 Å². The van der Waals surface area contributed by atoms with Crippen molar-refractivity contribution in [3.63, 3.8) is 0 Å². The molecule has 0 saturated heterocycles. The Hall–Kier alpha value is -3.28. The van der Waals surface area contributed by atoms with Crippen LogP contribution in [0.5, 0.6) is 11.5 Å². The first-order chi connectivity index (χ1) is 11.3. The molecule has 3 rings (SSSR count). The molecule has 2 heterocycles. The second-order valence-corrected chi connectivity index (χ2v) is 4.76. The highest BCUT2D eigenvalue weighted by molar-refractivity contribution is 5.93. The first kappa shape index (κ1) is 14.6. The van der Waals surface area contributed by atoms with Crippen LogP contribution in [0.4, 0.5) is 5.69 Å². The first-order valence-corrected chi connectivity index (χ1v) is 7.02. The lowest BCUT2D eigenvalue weighted by atomic mass is 10.2. The van der Waals surface area contributed by atoms with Crippen molar-refractivity contribution >= 4 is 11.6 Å². The fourth-order valence-corrected chi connectivity index (χ4v) is 1.98. The minimum absolute atomic E-state index is 0.181. The summed E-state index contributed by atoms with van der Waals surface area (Å²) in [6.07, 6.45) is 7.99. The van der Waals surface area contributed by atoms with Crippen LogP contribution in [0.15, 0.2) is 67.5 Å². The summed E-state index contributed by atoms with van der Waals surface area (Å²) in [5.74, 6) is 1.03. The zero-order valence-corrected chi connectivity index (χ0v) is 12.2. The van der Waals surface area contributed by atoms with Gasteiger partial charge in [0.2, 0.25) is 5.91 Å². The van der Waals surface area contributed by atoms with E-state index in [0.717, 1.165) is 5.56 Å². The van der Waals surface area contributed by atoms with Gasteiger partial charge in [-0.1, -0.05) is 18.2 Å². The summed E-state index contributed by atoms with van der Waals surface area (Å²) in [6, 6.07) is 11.0. The van der Waals surface area contributed by atoms with Crippen LogP contribution < -0.4 is 10.1 Å². The van der Waals surface area contributed by atoms with Crippen LogP contribution >= 0.6 is 0 Å². The maximum atomic E-state index is 12.1. The van der Waals surface area contributed by atoms with Gasteiger partial charge in [0, 0.05) is 24.7 Å². The van der Waals surface area contributed by atoms with Gasteiger partial charge in [0.25, 0.3) is 0 Å². The van der Waals surface area contributed by atoms with Gasteiger partial charge in [-0.05, 0) is 17.7 Å². The van der Waals surface area contributed by atoms with Gasteiger partial charge >= 0.3 is 0 Å². The summed E-state index contributed by atoms with van der Waals surface area (Å²) in [5, 5.41) is 2.80. The monoisotopic (exact) mass is 306 g/mol. The Kier molecular flexibility index (Phi) is 4.54. The number of nitrogens with zero attached hydrogens (tertiary/aromatic N) is 3. The number of hydrogen-bond donors (Lipinski definition) is 1. The number of rotatable bonds is 5. The number of ether oxygens (including phenoxy) is 1. The molecule has 0 unspecified atom stereocenters. The highest BCUT2D eigenvalue weighted by Crippen LogP contribution is 2.28. The van der Waals surface area contributed by atoms with Gasteiger partial charge in [-0.3, -0.25) is 9.78 Å². The van der Waals surface area contributed by atoms with E-state index in [-0.39, 0.29) is 12.3 Å². The Bertz CT molecular complexity index is 779. The summed E-state index contributed by atoms with van der Waals surface area (Å²) >= 11 is 0. The number of pyridine rings is 1. The number of amides is 1. The van der Waals surface area contributed by atoms with Crippen molar-refractivity contribution in [1.82, 2.24) is 15.0 Å². The van der Waals surface area contributed by atoms with E-state index in [1.165, 1.54) is 6.33 Å². The van der Waals surface area contributed by atoms with E-state index in [2.05, 4.69) is 20.3 Å². The molecule has 0 aliphatic carbocycles. The fourth-order valence-electron chi connectivity index (χ4n) is 1.98. The fraction of sp³-hybridized carbons (Fsp3) is 0.0588. The minimum atomic E-state index is -0.189. The maximum Gasteiger partial charge on any atom is 0.229 e. The molecule has 0 aliphatic heterocycles. The van der Waals surface area contributed by atoms with Crippen molar-refractivity contribution in [1.29, 1.82) is 0 Å². The smallest absolute Gasteiger partial charge is 0.229 e. The highest BCUT2D eigenvalue weighted by atomic mass is 16.5. The summed E-state index contributed by atoms with van der Waals surface area (Å²) in [4.78, 5) is 23.9. The minimum Gasteiger partial charge on any atom is -0.455 e. The third-order valence-corrected chi connectivity index (χ3v) is 3.00. The number of carbonyl (C=O) groups excluding carboxylic acids is 1. The van der Waals surface area contributed by atoms with Gasteiger partial charge in [-0.15, -0.1) is 0 Å². The Balaban J connectivity index is 1.71. The van der Waals surface area contributed by atoms with E-state index in [1.54, 1.807) is 30.9 Å². The van der Waals surface area contributed by atoms with E-state index in [9.17, 15) is 4.79 Å². The summed E-state index contributed by atoms with van der Waals surface area (Å²) in [7, 11) is 0. The largest absolute Gasteiger partial charge is 0.455 e. The molecule has 0 radical (unpaired) electrons. The molecule has 0 atom stereocenters. The van der Waals surface area contributed by atoms with E-state index in [0.29, 0.717) is 17.2 Å². The van der Waals surface area contributed by atoms with Crippen molar-refractivity contribution in [3.8, 4) is 11.5 Å². The first-order valence-electron chi connectivity index (χ1n) is 7.02. The molecular weight excluding hydrogens is 292 g/mol. The van der Waals surface area contributed by atoms with Crippen LogP contribution in [0.25, 0.3) is 0 Å². The van der Waals surface area contributed by atoms with Crippen LogP contribution in [0.1, 0.15) is 5.56 Å². The van der Waals surface area contributed by atoms with E-state index < -0.39 is 0 Å². The second kappa shape index (κ2) is 7.13. The highest BCUT2D eigenvalue weighted by Gasteiger charge is 2.10. The number of carbonyl (C=O) groups is 1. The molecule has 2 aromatic heterocycles. The van der Waals surface area contributed by atoms with Gasteiger partial charge < -0.3 is 10.1 Å². The molecule has 6 heteroatoms. The molecule has 6 nitrogen and oxygen atoms in total. The van der Waals surface area contributed by atoms with Gasteiger partial charge in [0.1, 0.15) is 17.8 Å². The molecule has 0 spiro atoms. The van der Waals surface area contributed by atoms with E-state index in [4.69, 9.17) is 4.74 Å². The Morgan fingerprint density at radius 3 is 2.57 bits per heavy atom. The van der Waals surface area contributed by atoms with Crippen LogP contribution in [-0.2, 0) is 11.2 Å². The number of aromatic nitrogens is 3. The normalized spacial score (nSPS) is 10.1. The molecule has 0 fully saturated rings. The average molecular weight is 306 g/mol. The topological polar surface area (TPSA) is 77.0 Å². The molecule has 3 aromatic rings. The summed E-state index contributed by atoms with van der Waals surface area (Å²) < 4.78 is 5.78. The van der Waals surface area contributed by atoms with Crippen LogP contribution in [0, 0.1) is 0 Å². The van der Waals surface area contributed by atoms with Crippen molar-refractivity contribution in [2.24, 2.45) is 0 Å². The average Bonchev–Trinajstić information content (AvgIpc) is 2.58.